The molecule has 2 rings (SSSR count). The first-order chi connectivity index (χ1) is 9.69. The van der Waals surface area contributed by atoms with Crippen molar-refractivity contribution in [2.75, 3.05) is 13.2 Å². The van der Waals surface area contributed by atoms with Crippen LogP contribution in [-0.4, -0.2) is 41.1 Å². The Kier molecular flexibility index (Phi) is 4.69. The molecule has 2 heterocycles. The van der Waals surface area contributed by atoms with Crippen molar-refractivity contribution in [3.63, 3.8) is 0 Å². The topological polar surface area (TPSA) is 91.3 Å². The minimum absolute atomic E-state index is 0.00106. The molecule has 1 aliphatic rings. The van der Waals surface area contributed by atoms with E-state index >= 15 is 0 Å². The van der Waals surface area contributed by atoms with E-state index in [4.69, 9.17) is 5.11 Å². The predicted octanol–water partition coefficient (Wildman–Crippen LogP) is -0.566. The summed E-state index contributed by atoms with van der Waals surface area (Å²) in [6.45, 7) is 0.188. The molecule has 6 heteroatoms. The fourth-order valence-electron chi connectivity index (χ4n) is 1.88. The van der Waals surface area contributed by atoms with Crippen molar-refractivity contribution in [3.05, 3.63) is 29.6 Å². The van der Waals surface area contributed by atoms with Crippen LogP contribution < -0.4 is 10.6 Å². The first kappa shape index (κ1) is 14.0. The molecule has 0 radical (unpaired) electrons. The highest BCUT2D eigenvalue weighted by molar-refractivity contribution is 5.92. The molecule has 1 aromatic heterocycles. The van der Waals surface area contributed by atoms with Gasteiger partial charge < -0.3 is 15.7 Å². The van der Waals surface area contributed by atoms with Crippen LogP contribution in [0.15, 0.2) is 18.3 Å². The molecule has 0 bridgehead atoms. The lowest BCUT2D eigenvalue weighted by Crippen LogP contribution is -2.38. The number of rotatable bonds is 3. The second-order valence-corrected chi connectivity index (χ2v) is 4.41. The molecule has 6 nitrogen and oxygen atoms in total. The van der Waals surface area contributed by atoms with Crippen LogP contribution in [0.1, 0.15) is 28.9 Å². The van der Waals surface area contributed by atoms with Crippen molar-refractivity contribution in [2.45, 2.75) is 18.9 Å². The fourth-order valence-corrected chi connectivity index (χ4v) is 1.88. The number of nitrogens with one attached hydrogen (secondary N) is 2. The minimum atomic E-state index is -0.284. The summed E-state index contributed by atoms with van der Waals surface area (Å²) in [5.41, 5.74) is 0.933. The molecule has 0 spiro atoms. The number of aromatic nitrogens is 1. The number of amides is 2. The summed E-state index contributed by atoms with van der Waals surface area (Å²) in [6, 6.07) is 3.24. The standard InChI is InChI=1S/C14H15N3O3/c18-7-1-2-10-3-5-12(15-8-10)14(20)16-9-11-4-6-13(19)17-11/h3,5,8,11,18H,4,6-7,9H2,(H,16,20)(H,17,19). The molecule has 0 saturated carbocycles. The summed E-state index contributed by atoms with van der Waals surface area (Å²) in [5, 5.41) is 14.1. The largest absolute Gasteiger partial charge is 0.384 e. The van der Waals surface area contributed by atoms with Gasteiger partial charge in [0, 0.05) is 30.8 Å². The van der Waals surface area contributed by atoms with E-state index < -0.39 is 0 Å². The highest BCUT2D eigenvalue weighted by Crippen LogP contribution is 2.05. The van der Waals surface area contributed by atoms with Crippen LogP contribution in [0.2, 0.25) is 0 Å². The zero-order chi connectivity index (χ0) is 14.4. The summed E-state index contributed by atoms with van der Waals surface area (Å²) in [4.78, 5) is 26.9. The average molecular weight is 273 g/mol. The molecule has 0 aromatic carbocycles. The number of carbonyl (C=O) groups is 2. The molecule has 1 aliphatic heterocycles. The molecule has 2 amide bonds. The molecule has 3 N–H and O–H groups in total. The number of nitrogens with zero attached hydrogens (tertiary/aromatic N) is 1. The van der Waals surface area contributed by atoms with E-state index in [2.05, 4.69) is 27.5 Å². The van der Waals surface area contributed by atoms with Gasteiger partial charge in [0.25, 0.3) is 5.91 Å². The first-order valence-corrected chi connectivity index (χ1v) is 6.32. The Bertz CT molecular complexity index is 557. The second kappa shape index (κ2) is 6.68. The third kappa shape index (κ3) is 3.80. The first-order valence-electron chi connectivity index (χ1n) is 6.32. The molecular formula is C14H15N3O3. The van der Waals surface area contributed by atoms with Gasteiger partial charge in [0.1, 0.15) is 12.3 Å². The van der Waals surface area contributed by atoms with E-state index in [0.29, 0.717) is 24.2 Å². The zero-order valence-electron chi connectivity index (χ0n) is 10.8. The maximum Gasteiger partial charge on any atom is 0.269 e. The SMILES string of the molecule is O=C1CCC(CNC(=O)c2ccc(C#CCO)cn2)N1. The highest BCUT2D eigenvalue weighted by Gasteiger charge is 2.21. The van der Waals surface area contributed by atoms with E-state index in [-0.39, 0.29) is 24.5 Å². The van der Waals surface area contributed by atoms with Gasteiger partial charge in [-0.05, 0) is 18.6 Å². The highest BCUT2D eigenvalue weighted by atomic mass is 16.2. The Morgan fingerprint density at radius 1 is 1.55 bits per heavy atom. The van der Waals surface area contributed by atoms with Crippen molar-refractivity contribution in [2.24, 2.45) is 0 Å². The Labute approximate surface area is 116 Å². The van der Waals surface area contributed by atoms with E-state index in [0.717, 1.165) is 6.42 Å². The van der Waals surface area contributed by atoms with Gasteiger partial charge in [-0.2, -0.15) is 0 Å². The van der Waals surface area contributed by atoms with Crippen LogP contribution in [0.3, 0.4) is 0 Å². The Balaban J connectivity index is 1.87. The number of aliphatic hydroxyl groups excluding tert-OH is 1. The minimum Gasteiger partial charge on any atom is -0.384 e. The number of carbonyl (C=O) groups excluding carboxylic acids is 2. The quantitative estimate of drug-likeness (QED) is 0.643. The van der Waals surface area contributed by atoms with Crippen LogP contribution in [0, 0.1) is 11.8 Å². The van der Waals surface area contributed by atoms with Gasteiger partial charge in [0.15, 0.2) is 0 Å². The van der Waals surface area contributed by atoms with E-state index in [1.165, 1.54) is 6.20 Å². The lowest BCUT2D eigenvalue weighted by atomic mass is 10.2. The van der Waals surface area contributed by atoms with Crippen LogP contribution in [0.4, 0.5) is 0 Å². The Morgan fingerprint density at radius 3 is 3.00 bits per heavy atom. The van der Waals surface area contributed by atoms with Gasteiger partial charge in [-0.1, -0.05) is 11.8 Å². The smallest absolute Gasteiger partial charge is 0.269 e. The third-order valence-corrected chi connectivity index (χ3v) is 2.90. The monoisotopic (exact) mass is 273 g/mol. The van der Waals surface area contributed by atoms with Gasteiger partial charge >= 0.3 is 0 Å². The number of hydrogen-bond acceptors (Lipinski definition) is 4. The lowest BCUT2D eigenvalue weighted by molar-refractivity contribution is -0.119. The summed E-state index contributed by atoms with van der Waals surface area (Å²) in [6.07, 6.45) is 2.73. The van der Waals surface area contributed by atoms with Gasteiger partial charge in [-0.3, -0.25) is 9.59 Å². The second-order valence-electron chi connectivity index (χ2n) is 4.41. The lowest BCUT2D eigenvalue weighted by Gasteiger charge is -2.10. The summed E-state index contributed by atoms with van der Waals surface area (Å²) in [7, 11) is 0. The molecule has 1 saturated heterocycles. The fraction of sp³-hybridized carbons (Fsp3) is 0.357. The van der Waals surface area contributed by atoms with Crippen LogP contribution in [-0.2, 0) is 4.79 Å². The number of aliphatic hydroxyl groups is 1. The molecule has 1 unspecified atom stereocenters. The maximum atomic E-state index is 11.8. The summed E-state index contributed by atoms with van der Waals surface area (Å²) >= 11 is 0. The van der Waals surface area contributed by atoms with Crippen molar-refractivity contribution >= 4 is 11.8 Å². The van der Waals surface area contributed by atoms with Gasteiger partial charge in [-0.15, -0.1) is 0 Å². The average Bonchev–Trinajstić information content (AvgIpc) is 2.89. The van der Waals surface area contributed by atoms with E-state index in [9.17, 15) is 9.59 Å². The van der Waals surface area contributed by atoms with Crippen molar-refractivity contribution in [1.29, 1.82) is 0 Å². The van der Waals surface area contributed by atoms with Gasteiger partial charge in [0.2, 0.25) is 5.91 Å². The van der Waals surface area contributed by atoms with Crippen molar-refractivity contribution < 1.29 is 14.7 Å². The van der Waals surface area contributed by atoms with Crippen molar-refractivity contribution in [1.82, 2.24) is 15.6 Å². The normalized spacial score (nSPS) is 17.1. The van der Waals surface area contributed by atoms with E-state index in [1.54, 1.807) is 12.1 Å². The third-order valence-electron chi connectivity index (χ3n) is 2.90. The van der Waals surface area contributed by atoms with Crippen molar-refractivity contribution in [3.8, 4) is 11.8 Å². The Hall–Kier alpha value is -2.39. The molecule has 20 heavy (non-hydrogen) atoms. The zero-order valence-corrected chi connectivity index (χ0v) is 10.8. The number of hydrogen-bond donors (Lipinski definition) is 3. The Morgan fingerprint density at radius 2 is 2.40 bits per heavy atom. The summed E-state index contributed by atoms with van der Waals surface area (Å²) in [5.74, 6) is 4.94. The number of pyridine rings is 1. The predicted molar refractivity (Wildman–Crippen MR) is 71.7 cm³/mol. The molecule has 104 valence electrons. The van der Waals surface area contributed by atoms with Gasteiger partial charge in [-0.25, -0.2) is 4.98 Å². The van der Waals surface area contributed by atoms with E-state index in [1.807, 2.05) is 0 Å². The summed E-state index contributed by atoms with van der Waals surface area (Å²) < 4.78 is 0. The van der Waals surface area contributed by atoms with Gasteiger partial charge in [0.05, 0.1) is 0 Å². The van der Waals surface area contributed by atoms with Crippen LogP contribution >= 0.6 is 0 Å². The van der Waals surface area contributed by atoms with Crippen LogP contribution in [0.25, 0.3) is 0 Å². The molecule has 1 atom stereocenters. The molecular weight excluding hydrogens is 258 g/mol. The molecule has 1 aromatic rings. The molecule has 0 aliphatic carbocycles. The maximum absolute atomic E-state index is 11.8. The molecule has 1 fully saturated rings. The van der Waals surface area contributed by atoms with Crippen LogP contribution in [0.5, 0.6) is 0 Å².